The summed E-state index contributed by atoms with van der Waals surface area (Å²) in [6.45, 7) is 1.16. The lowest BCUT2D eigenvalue weighted by molar-refractivity contribution is -0.384. The average Bonchev–Trinajstić information content (AvgIpc) is 2.90. The maximum Gasteiger partial charge on any atom is 0.169 e. The van der Waals surface area contributed by atoms with Crippen molar-refractivity contribution in [3.8, 4) is 0 Å². The molecule has 3 aliphatic carbocycles. The van der Waals surface area contributed by atoms with Crippen LogP contribution < -0.4 is 0 Å². The molecule has 0 aromatic rings. The van der Waals surface area contributed by atoms with Gasteiger partial charge in [-0.3, -0.25) is 0 Å². The molecule has 6 rings (SSSR count). The molecule has 4 atom stereocenters. The molecule has 6 nitrogen and oxygen atoms in total. The number of hydrogen-bond acceptors (Lipinski definition) is 6. The fourth-order valence-corrected chi connectivity index (χ4v) is 6.74. The summed E-state index contributed by atoms with van der Waals surface area (Å²) in [5.41, 5.74) is 0. The lowest BCUT2D eigenvalue weighted by Gasteiger charge is -2.51. The van der Waals surface area contributed by atoms with Gasteiger partial charge < -0.3 is 28.4 Å². The highest BCUT2D eigenvalue weighted by atomic mass is 16.8. The maximum absolute atomic E-state index is 6.83. The van der Waals surface area contributed by atoms with Gasteiger partial charge in [0.2, 0.25) is 0 Å². The van der Waals surface area contributed by atoms with Gasteiger partial charge in [-0.1, -0.05) is 19.3 Å². The highest BCUT2D eigenvalue weighted by molar-refractivity contribution is 5.00. The zero-order valence-electron chi connectivity index (χ0n) is 18.3. The molecule has 6 aliphatic rings. The quantitative estimate of drug-likeness (QED) is 0.569. The zero-order chi connectivity index (χ0) is 20.1. The third kappa shape index (κ3) is 3.65. The molecule has 3 saturated carbocycles. The van der Waals surface area contributed by atoms with Gasteiger partial charge in [-0.05, 0) is 38.5 Å². The van der Waals surface area contributed by atoms with Gasteiger partial charge in [-0.2, -0.15) is 0 Å². The van der Waals surface area contributed by atoms with Crippen LogP contribution in [0.1, 0.15) is 96.3 Å². The first kappa shape index (κ1) is 20.4. The molecule has 0 aromatic heterocycles. The second kappa shape index (κ2) is 7.96. The van der Waals surface area contributed by atoms with E-state index in [9.17, 15) is 0 Å². The zero-order valence-corrected chi connectivity index (χ0v) is 18.3. The van der Waals surface area contributed by atoms with Gasteiger partial charge in [0.15, 0.2) is 17.4 Å². The van der Waals surface area contributed by atoms with Crippen LogP contribution in [0.5, 0.6) is 0 Å². The average molecular weight is 423 g/mol. The predicted molar refractivity (Wildman–Crippen MR) is 109 cm³/mol. The Hall–Kier alpha value is -0.240. The van der Waals surface area contributed by atoms with E-state index in [1.165, 1.54) is 44.9 Å². The highest BCUT2D eigenvalue weighted by Crippen LogP contribution is 2.48. The summed E-state index contributed by atoms with van der Waals surface area (Å²) in [5, 5.41) is 0. The Bertz CT molecular complexity index is 559. The van der Waals surface area contributed by atoms with Crippen LogP contribution in [0.3, 0.4) is 0 Å². The first-order valence-corrected chi connectivity index (χ1v) is 12.7. The fraction of sp³-hybridized carbons (Fsp3) is 1.00. The van der Waals surface area contributed by atoms with Crippen LogP contribution in [0.2, 0.25) is 0 Å². The Balaban J connectivity index is 1.31. The Morgan fingerprint density at radius 3 is 1.17 bits per heavy atom. The summed E-state index contributed by atoms with van der Waals surface area (Å²) in [7, 11) is 0. The molecule has 6 fully saturated rings. The van der Waals surface area contributed by atoms with E-state index < -0.39 is 17.4 Å². The third-order valence-electron chi connectivity index (χ3n) is 8.36. The van der Waals surface area contributed by atoms with Crippen molar-refractivity contribution in [2.24, 2.45) is 0 Å². The smallest absolute Gasteiger partial charge is 0.169 e. The van der Waals surface area contributed by atoms with Crippen molar-refractivity contribution >= 4 is 0 Å². The molecule has 170 valence electrons. The third-order valence-corrected chi connectivity index (χ3v) is 8.36. The van der Waals surface area contributed by atoms with Crippen LogP contribution >= 0.6 is 0 Å². The molecule has 0 amide bonds. The highest BCUT2D eigenvalue weighted by Gasteiger charge is 2.58. The Morgan fingerprint density at radius 1 is 0.400 bits per heavy atom. The van der Waals surface area contributed by atoms with E-state index in [4.69, 9.17) is 28.4 Å². The number of rotatable bonds is 0. The van der Waals surface area contributed by atoms with Gasteiger partial charge >= 0.3 is 0 Å². The van der Waals surface area contributed by atoms with E-state index in [0.717, 1.165) is 51.4 Å². The van der Waals surface area contributed by atoms with Crippen LogP contribution in [-0.4, -0.2) is 55.0 Å². The van der Waals surface area contributed by atoms with E-state index in [-0.39, 0.29) is 24.4 Å². The minimum atomic E-state index is -0.534. The van der Waals surface area contributed by atoms with Gasteiger partial charge in [0.1, 0.15) is 24.4 Å². The van der Waals surface area contributed by atoms with E-state index >= 15 is 0 Å². The van der Waals surface area contributed by atoms with Crippen molar-refractivity contribution in [3.05, 3.63) is 0 Å². The van der Waals surface area contributed by atoms with E-state index in [0.29, 0.717) is 13.2 Å². The lowest BCUT2D eigenvalue weighted by atomic mass is 9.89. The normalized spacial score (nSPS) is 42.4. The number of fused-ring (bicyclic) bond motifs is 3. The fourth-order valence-electron chi connectivity index (χ4n) is 6.74. The van der Waals surface area contributed by atoms with Crippen LogP contribution in [0.25, 0.3) is 0 Å². The van der Waals surface area contributed by atoms with Crippen LogP contribution in [0.4, 0.5) is 0 Å². The molecule has 0 N–H and O–H groups in total. The summed E-state index contributed by atoms with van der Waals surface area (Å²) in [4.78, 5) is 0. The molecule has 30 heavy (non-hydrogen) atoms. The van der Waals surface area contributed by atoms with E-state index in [1.807, 2.05) is 0 Å². The SMILES string of the molecule is C1CCC2(CC1)OC[C@H]1OC3(CCCCC3)O[C@@H]3COC4(CCCCC4)O[C@@H]3[C@H]1O2. The van der Waals surface area contributed by atoms with Crippen molar-refractivity contribution < 1.29 is 28.4 Å². The first-order chi connectivity index (χ1) is 14.7. The molecule has 0 unspecified atom stereocenters. The van der Waals surface area contributed by atoms with Gasteiger partial charge in [-0.15, -0.1) is 0 Å². The van der Waals surface area contributed by atoms with Gasteiger partial charge in [0.25, 0.3) is 0 Å². The minimum absolute atomic E-state index is 0.135. The van der Waals surface area contributed by atoms with Gasteiger partial charge in [-0.25, -0.2) is 0 Å². The predicted octanol–water partition coefficient (Wildman–Crippen LogP) is 4.58. The Kier molecular flexibility index (Phi) is 5.41. The second-order valence-electron chi connectivity index (χ2n) is 10.5. The molecule has 0 radical (unpaired) electrons. The van der Waals surface area contributed by atoms with Crippen LogP contribution in [0.15, 0.2) is 0 Å². The maximum atomic E-state index is 6.83. The van der Waals surface area contributed by atoms with Crippen LogP contribution in [0, 0.1) is 0 Å². The summed E-state index contributed by atoms with van der Waals surface area (Å²) in [5.74, 6) is -1.45. The number of ether oxygens (including phenoxy) is 6. The largest absolute Gasteiger partial charge is 0.347 e. The van der Waals surface area contributed by atoms with Crippen molar-refractivity contribution in [1.82, 2.24) is 0 Å². The monoisotopic (exact) mass is 422 g/mol. The molecule has 3 heterocycles. The summed E-state index contributed by atoms with van der Waals surface area (Å²) in [6.07, 6.45) is 16.0. The van der Waals surface area contributed by atoms with Gasteiger partial charge in [0, 0.05) is 38.5 Å². The molecule has 6 heteroatoms. The molecule has 3 spiro atoms. The van der Waals surface area contributed by atoms with Crippen molar-refractivity contribution in [3.63, 3.8) is 0 Å². The lowest BCUT2D eigenvalue weighted by Crippen LogP contribution is -2.63. The topological polar surface area (TPSA) is 55.4 Å². The summed E-state index contributed by atoms with van der Waals surface area (Å²) < 4.78 is 39.9. The molecule has 3 aliphatic heterocycles. The molecule has 3 saturated heterocycles. The molecular weight excluding hydrogens is 384 g/mol. The molecule has 0 aromatic carbocycles. The molecule has 0 bridgehead atoms. The van der Waals surface area contributed by atoms with E-state index in [1.54, 1.807) is 0 Å². The van der Waals surface area contributed by atoms with Crippen molar-refractivity contribution in [1.29, 1.82) is 0 Å². The minimum Gasteiger partial charge on any atom is -0.347 e. The Morgan fingerprint density at radius 2 is 0.767 bits per heavy atom. The number of hydrogen-bond donors (Lipinski definition) is 0. The Labute approximate surface area is 180 Å². The van der Waals surface area contributed by atoms with Gasteiger partial charge in [0.05, 0.1) is 13.2 Å². The van der Waals surface area contributed by atoms with Crippen LogP contribution in [-0.2, 0) is 28.4 Å². The summed E-state index contributed by atoms with van der Waals surface area (Å²) in [6, 6.07) is 0. The van der Waals surface area contributed by atoms with Crippen molar-refractivity contribution in [2.75, 3.05) is 13.2 Å². The van der Waals surface area contributed by atoms with Crippen molar-refractivity contribution in [2.45, 2.75) is 138 Å². The standard InChI is InChI=1S/C24H38O6/c1-4-10-22(11-5-1)25-16-18-20(29-22)21-19(28-24(27-18)14-8-3-9-15-24)17-26-23(30-21)12-6-2-7-13-23/h18-21H,1-17H2/t18-,19-,20+,21+/m1/s1. The van der Waals surface area contributed by atoms with E-state index in [2.05, 4.69) is 0 Å². The first-order valence-electron chi connectivity index (χ1n) is 12.7. The second-order valence-corrected chi connectivity index (χ2v) is 10.5. The summed E-state index contributed by atoms with van der Waals surface area (Å²) >= 11 is 0. The molecular formula is C24H38O6.